The van der Waals surface area contributed by atoms with Gasteiger partial charge in [-0.15, -0.1) is 0 Å². The number of hydrogen-bond acceptors (Lipinski definition) is 4. The number of aliphatic carboxylic acids is 1. The van der Waals surface area contributed by atoms with E-state index in [0.29, 0.717) is 11.4 Å². The fourth-order valence-corrected chi connectivity index (χ4v) is 3.27. The molecule has 6 heteroatoms. The van der Waals surface area contributed by atoms with Crippen LogP contribution in [0.25, 0.3) is 0 Å². The molecule has 1 aromatic carbocycles. The fraction of sp³-hybridized carbons (Fsp3) is 0.526. The SMILES string of the molecule is Cc1cc(C)cc(N(CC(=O)O)C(=O)C(C)CSC(=O)C(C)(C)C)c1. The van der Waals surface area contributed by atoms with Crippen molar-refractivity contribution in [2.45, 2.75) is 41.5 Å². The van der Waals surface area contributed by atoms with Gasteiger partial charge < -0.3 is 10.0 Å². The second-order valence-corrected chi connectivity index (χ2v) is 8.41. The molecule has 1 aromatic rings. The minimum absolute atomic E-state index is 0.0170. The molecule has 0 saturated heterocycles. The molecule has 0 aromatic heterocycles. The molecule has 0 fully saturated rings. The predicted octanol–water partition coefficient (Wildman–Crippen LogP) is 3.66. The highest BCUT2D eigenvalue weighted by Crippen LogP contribution is 2.26. The second-order valence-electron chi connectivity index (χ2n) is 7.41. The van der Waals surface area contributed by atoms with E-state index in [-0.39, 0.29) is 11.0 Å². The molecule has 0 spiro atoms. The van der Waals surface area contributed by atoms with Crippen molar-refractivity contribution in [2.24, 2.45) is 11.3 Å². The number of nitrogens with zero attached hydrogens (tertiary/aromatic N) is 1. The van der Waals surface area contributed by atoms with Crippen molar-refractivity contribution in [1.82, 2.24) is 0 Å². The quantitative estimate of drug-likeness (QED) is 0.833. The van der Waals surface area contributed by atoms with Gasteiger partial charge in [-0.05, 0) is 37.1 Å². The smallest absolute Gasteiger partial charge is 0.323 e. The summed E-state index contributed by atoms with van der Waals surface area (Å²) < 4.78 is 0. The van der Waals surface area contributed by atoms with Gasteiger partial charge in [0.25, 0.3) is 0 Å². The number of carbonyl (C=O) groups excluding carboxylic acids is 2. The van der Waals surface area contributed by atoms with E-state index in [4.69, 9.17) is 0 Å². The molecule has 0 bridgehead atoms. The van der Waals surface area contributed by atoms with Crippen LogP contribution < -0.4 is 4.90 Å². The third-order valence-electron chi connectivity index (χ3n) is 3.58. The van der Waals surface area contributed by atoms with Crippen LogP contribution in [0.4, 0.5) is 5.69 Å². The Labute approximate surface area is 153 Å². The van der Waals surface area contributed by atoms with Crippen molar-refractivity contribution < 1.29 is 19.5 Å². The summed E-state index contributed by atoms with van der Waals surface area (Å²) in [5, 5.41) is 9.20. The van der Waals surface area contributed by atoms with Gasteiger partial charge in [0.05, 0.1) is 0 Å². The average Bonchev–Trinajstić information content (AvgIpc) is 2.46. The first kappa shape index (κ1) is 21.2. The Kier molecular flexibility index (Phi) is 7.23. The van der Waals surface area contributed by atoms with Gasteiger partial charge in [-0.25, -0.2) is 0 Å². The molecule has 138 valence electrons. The molecular weight excluding hydrogens is 338 g/mol. The molecule has 0 aliphatic heterocycles. The van der Waals surface area contributed by atoms with Crippen LogP contribution in [0.15, 0.2) is 18.2 Å². The van der Waals surface area contributed by atoms with Gasteiger partial charge in [0.15, 0.2) is 5.12 Å². The van der Waals surface area contributed by atoms with Crippen molar-refractivity contribution in [1.29, 1.82) is 0 Å². The molecule has 1 rings (SSSR count). The van der Waals surface area contributed by atoms with Crippen LogP contribution in [0.1, 0.15) is 38.8 Å². The molecule has 1 N–H and O–H groups in total. The first-order valence-electron chi connectivity index (χ1n) is 8.20. The molecular formula is C19H27NO4S. The van der Waals surface area contributed by atoms with Crippen LogP contribution in [-0.4, -0.2) is 34.4 Å². The number of aryl methyl sites for hydroxylation is 2. The van der Waals surface area contributed by atoms with E-state index in [9.17, 15) is 19.5 Å². The number of carboxylic acids is 1. The number of carboxylic acid groups (broad SMARTS) is 1. The number of benzene rings is 1. The lowest BCUT2D eigenvalue weighted by atomic mass is 10.00. The number of rotatable bonds is 6. The van der Waals surface area contributed by atoms with Gasteiger partial charge in [0, 0.05) is 22.8 Å². The average molecular weight is 365 g/mol. The lowest BCUT2D eigenvalue weighted by Gasteiger charge is -2.25. The topological polar surface area (TPSA) is 74.7 Å². The molecule has 0 saturated carbocycles. The minimum atomic E-state index is -1.07. The van der Waals surface area contributed by atoms with Crippen molar-refractivity contribution in [3.8, 4) is 0 Å². The van der Waals surface area contributed by atoms with Crippen molar-refractivity contribution in [3.05, 3.63) is 29.3 Å². The minimum Gasteiger partial charge on any atom is -0.480 e. The highest BCUT2D eigenvalue weighted by atomic mass is 32.2. The normalized spacial score (nSPS) is 12.6. The summed E-state index contributed by atoms with van der Waals surface area (Å²) in [7, 11) is 0. The molecule has 1 unspecified atom stereocenters. The van der Waals surface area contributed by atoms with Crippen molar-refractivity contribution in [2.75, 3.05) is 17.2 Å². The molecule has 0 aliphatic carbocycles. The molecule has 25 heavy (non-hydrogen) atoms. The lowest BCUT2D eigenvalue weighted by Crippen LogP contribution is -2.40. The van der Waals surface area contributed by atoms with Crippen LogP contribution >= 0.6 is 11.8 Å². The Hall–Kier alpha value is -1.82. The van der Waals surface area contributed by atoms with Gasteiger partial charge >= 0.3 is 5.97 Å². The van der Waals surface area contributed by atoms with Gasteiger partial charge in [-0.2, -0.15) is 0 Å². The van der Waals surface area contributed by atoms with E-state index in [1.165, 1.54) is 4.90 Å². The number of hydrogen-bond donors (Lipinski definition) is 1. The van der Waals surface area contributed by atoms with E-state index >= 15 is 0 Å². The zero-order valence-electron chi connectivity index (χ0n) is 15.8. The van der Waals surface area contributed by atoms with Crippen LogP contribution in [0.5, 0.6) is 0 Å². The Balaban J connectivity index is 2.96. The summed E-state index contributed by atoms with van der Waals surface area (Å²) in [6.07, 6.45) is 0. The number of amides is 1. The third-order valence-corrected chi connectivity index (χ3v) is 5.12. The standard InChI is InChI=1S/C19H27NO4S/c1-12-7-13(2)9-15(8-12)20(10-16(21)22)17(23)14(3)11-25-18(24)19(4,5)6/h7-9,14H,10-11H2,1-6H3,(H,21,22). The highest BCUT2D eigenvalue weighted by molar-refractivity contribution is 8.13. The number of anilines is 1. The van der Waals surface area contributed by atoms with Crippen LogP contribution in [-0.2, 0) is 14.4 Å². The van der Waals surface area contributed by atoms with Crippen LogP contribution in [0.2, 0.25) is 0 Å². The van der Waals surface area contributed by atoms with E-state index < -0.39 is 23.8 Å². The summed E-state index contributed by atoms with van der Waals surface area (Å²) in [6, 6.07) is 5.57. The molecule has 5 nitrogen and oxygen atoms in total. The third kappa shape index (κ3) is 6.53. The zero-order valence-corrected chi connectivity index (χ0v) is 16.6. The summed E-state index contributed by atoms with van der Waals surface area (Å²) in [6.45, 7) is 10.6. The maximum Gasteiger partial charge on any atom is 0.323 e. The first-order valence-corrected chi connectivity index (χ1v) is 9.19. The second kappa shape index (κ2) is 8.52. The van der Waals surface area contributed by atoms with Gasteiger partial charge in [0.1, 0.15) is 6.54 Å². The number of thioether (sulfide) groups is 1. The fourth-order valence-electron chi connectivity index (χ4n) is 2.29. The summed E-state index contributed by atoms with van der Waals surface area (Å²) in [5.41, 5.74) is 2.03. The van der Waals surface area contributed by atoms with Crippen LogP contribution in [0.3, 0.4) is 0 Å². The van der Waals surface area contributed by atoms with Crippen molar-refractivity contribution >= 4 is 34.4 Å². The van der Waals surface area contributed by atoms with E-state index in [1.807, 2.05) is 40.7 Å². The molecule has 0 radical (unpaired) electrons. The Morgan fingerprint density at radius 2 is 1.64 bits per heavy atom. The summed E-state index contributed by atoms with van der Waals surface area (Å²) in [5.74, 6) is -1.49. The summed E-state index contributed by atoms with van der Waals surface area (Å²) >= 11 is 1.12. The van der Waals surface area contributed by atoms with Crippen molar-refractivity contribution in [3.63, 3.8) is 0 Å². The van der Waals surface area contributed by atoms with E-state index in [2.05, 4.69) is 0 Å². The number of carbonyl (C=O) groups is 3. The highest BCUT2D eigenvalue weighted by Gasteiger charge is 2.27. The van der Waals surface area contributed by atoms with Gasteiger partial charge in [0.2, 0.25) is 5.91 Å². The maximum absolute atomic E-state index is 12.8. The Bertz CT molecular complexity index is 644. The van der Waals surface area contributed by atoms with Gasteiger partial charge in [-0.3, -0.25) is 14.4 Å². The largest absolute Gasteiger partial charge is 0.480 e. The molecule has 0 heterocycles. The first-order chi connectivity index (χ1) is 11.4. The van der Waals surface area contributed by atoms with E-state index in [1.54, 1.807) is 19.1 Å². The molecule has 1 atom stereocenters. The van der Waals surface area contributed by atoms with E-state index in [0.717, 1.165) is 22.9 Å². The monoisotopic (exact) mass is 365 g/mol. The van der Waals surface area contributed by atoms with Crippen LogP contribution in [0, 0.1) is 25.2 Å². The summed E-state index contributed by atoms with van der Waals surface area (Å²) in [4.78, 5) is 37.4. The lowest BCUT2D eigenvalue weighted by molar-refractivity contribution is -0.137. The molecule has 0 aliphatic rings. The predicted molar refractivity (Wildman–Crippen MR) is 102 cm³/mol. The Morgan fingerprint density at radius 3 is 2.08 bits per heavy atom. The Morgan fingerprint density at radius 1 is 1.12 bits per heavy atom. The van der Waals surface area contributed by atoms with Gasteiger partial charge in [-0.1, -0.05) is 45.5 Å². The zero-order chi connectivity index (χ0) is 19.4. The molecule has 1 amide bonds. The maximum atomic E-state index is 12.8.